The van der Waals surface area contributed by atoms with Crippen molar-refractivity contribution in [2.75, 3.05) is 26.8 Å². The van der Waals surface area contributed by atoms with Crippen LogP contribution in [0.3, 0.4) is 0 Å². The highest BCUT2D eigenvalue weighted by atomic mass is 19.2. The Bertz CT molecular complexity index is 562. The van der Waals surface area contributed by atoms with Gasteiger partial charge < -0.3 is 20.1 Å². The van der Waals surface area contributed by atoms with Crippen LogP contribution in [0.4, 0.5) is 13.6 Å². The molecule has 1 heterocycles. The molecule has 128 valence electrons. The van der Waals surface area contributed by atoms with Gasteiger partial charge in [-0.05, 0) is 13.0 Å². The van der Waals surface area contributed by atoms with E-state index in [1.807, 2.05) is 0 Å². The Morgan fingerprint density at radius 2 is 2.09 bits per heavy atom. The Hall–Kier alpha value is -1.73. The number of amides is 2. The summed E-state index contributed by atoms with van der Waals surface area (Å²) < 4.78 is 32.2. The minimum Gasteiger partial charge on any atom is -0.388 e. The van der Waals surface area contributed by atoms with Gasteiger partial charge in [-0.1, -0.05) is 12.1 Å². The molecule has 0 spiro atoms. The number of halogens is 2. The van der Waals surface area contributed by atoms with Crippen molar-refractivity contribution in [3.8, 4) is 0 Å². The van der Waals surface area contributed by atoms with Gasteiger partial charge in [-0.3, -0.25) is 0 Å². The fourth-order valence-electron chi connectivity index (χ4n) is 2.65. The highest BCUT2D eigenvalue weighted by Gasteiger charge is 2.32. The van der Waals surface area contributed by atoms with Crippen molar-refractivity contribution in [2.45, 2.75) is 31.4 Å². The third-order valence-electron chi connectivity index (χ3n) is 4.09. The molecule has 1 saturated heterocycles. The van der Waals surface area contributed by atoms with E-state index in [9.17, 15) is 18.7 Å². The number of carbonyl (C=O) groups excluding carboxylic acids is 1. The van der Waals surface area contributed by atoms with Crippen LogP contribution in [-0.4, -0.2) is 48.4 Å². The highest BCUT2D eigenvalue weighted by molar-refractivity contribution is 5.74. The van der Waals surface area contributed by atoms with E-state index in [0.29, 0.717) is 26.1 Å². The summed E-state index contributed by atoms with van der Waals surface area (Å²) in [5.41, 5.74) is -0.894. The van der Waals surface area contributed by atoms with Crippen molar-refractivity contribution in [1.29, 1.82) is 0 Å². The minimum atomic E-state index is -0.975. The molecule has 2 N–H and O–H groups in total. The average molecular weight is 328 g/mol. The van der Waals surface area contributed by atoms with Gasteiger partial charge in [0.05, 0.1) is 18.2 Å². The molecule has 2 rings (SSSR count). The maximum atomic E-state index is 13.7. The smallest absolute Gasteiger partial charge is 0.317 e. The second-order valence-corrected chi connectivity index (χ2v) is 6.01. The first-order valence-electron chi connectivity index (χ1n) is 7.58. The number of hydrogen-bond acceptors (Lipinski definition) is 3. The number of nitrogens with zero attached hydrogens (tertiary/aromatic N) is 1. The van der Waals surface area contributed by atoms with Crippen LogP contribution >= 0.6 is 0 Å². The van der Waals surface area contributed by atoms with E-state index in [1.165, 1.54) is 17.0 Å². The van der Waals surface area contributed by atoms with Crippen molar-refractivity contribution in [3.63, 3.8) is 0 Å². The Morgan fingerprint density at radius 3 is 2.74 bits per heavy atom. The molecule has 23 heavy (non-hydrogen) atoms. The highest BCUT2D eigenvalue weighted by Crippen LogP contribution is 2.22. The molecular formula is C16H22F2N2O3. The summed E-state index contributed by atoms with van der Waals surface area (Å²) in [5, 5.41) is 13.0. The number of benzene rings is 1. The van der Waals surface area contributed by atoms with Gasteiger partial charge in [0.1, 0.15) is 0 Å². The predicted molar refractivity (Wildman–Crippen MR) is 80.9 cm³/mol. The maximum Gasteiger partial charge on any atom is 0.317 e. The van der Waals surface area contributed by atoms with Crippen molar-refractivity contribution < 1.29 is 23.4 Å². The monoisotopic (exact) mass is 328 g/mol. The fourth-order valence-corrected chi connectivity index (χ4v) is 2.65. The Labute approximate surface area is 134 Å². The number of urea groups is 1. The van der Waals surface area contributed by atoms with E-state index in [1.54, 1.807) is 14.0 Å². The van der Waals surface area contributed by atoms with Crippen LogP contribution in [0, 0.1) is 11.6 Å². The van der Waals surface area contributed by atoms with Crippen LogP contribution in [0.2, 0.25) is 0 Å². The summed E-state index contributed by atoms with van der Waals surface area (Å²) in [4.78, 5) is 13.5. The van der Waals surface area contributed by atoms with Gasteiger partial charge >= 0.3 is 6.03 Å². The van der Waals surface area contributed by atoms with Crippen molar-refractivity contribution in [1.82, 2.24) is 10.2 Å². The summed E-state index contributed by atoms with van der Waals surface area (Å²) in [6.07, 6.45) is 0.914. The number of carbonyl (C=O) groups is 1. The van der Waals surface area contributed by atoms with Crippen LogP contribution in [-0.2, 0) is 4.74 Å². The van der Waals surface area contributed by atoms with E-state index >= 15 is 0 Å². The van der Waals surface area contributed by atoms with Crippen molar-refractivity contribution >= 4 is 6.03 Å². The van der Waals surface area contributed by atoms with E-state index in [2.05, 4.69) is 5.32 Å². The van der Waals surface area contributed by atoms with Gasteiger partial charge in [-0.15, -0.1) is 0 Å². The second-order valence-electron chi connectivity index (χ2n) is 6.01. The Kier molecular flexibility index (Phi) is 5.54. The van der Waals surface area contributed by atoms with E-state index < -0.39 is 29.3 Å². The zero-order valence-corrected chi connectivity index (χ0v) is 13.3. The van der Waals surface area contributed by atoms with Crippen LogP contribution in [0.25, 0.3) is 0 Å². The SMILES string of the molecule is CC(NC(=O)N(C)CC1(O)CCOCC1)c1cccc(F)c1F. The third-order valence-corrected chi connectivity index (χ3v) is 4.09. The van der Waals surface area contributed by atoms with E-state index in [0.717, 1.165) is 6.07 Å². The third kappa shape index (κ3) is 4.39. The van der Waals surface area contributed by atoms with Gasteiger partial charge in [0, 0.05) is 38.7 Å². The molecule has 0 aliphatic carbocycles. The molecule has 1 atom stereocenters. The summed E-state index contributed by atoms with van der Waals surface area (Å²) in [7, 11) is 1.55. The van der Waals surface area contributed by atoms with Crippen LogP contribution in [0.5, 0.6) is 0 Å². The number of hydrogen-bond donors (Lipinski definition) is 2. The molecule has 1 unspecified atom stereocenters. The molecule has 2 amide bonds. The molecule has 5 nitrogen and oxygen atoms in total. The lowest BCUT2D eigenvalue weighted by atomic mass is 9.94. The van der Waals surface area contributed by atoms with Crippen molar-refractivity contribution in [3.05, 3.63) is 35.4 Å². The summed E-state index contributed by atoms with van der Waals surface area (Å²) in [5.74, 6) is -1.92. The first kappa shape index (κ1) is 17.6. The van der Waals surface area contributed by atoms with Gasteiger partial charge in [-0.2, -0.15) is 0 Å². The lowest BCUT2D eigenvalue weighted by molar-refractivity contribution is -0.0723. The molecule has 0 bridgehead atoms. The molecule has 1 aliphatic heterocycles. The molecule has 1 fully saturated rings. The number of nitrogens with one attached hydrogen (secondary N) is 1. The summed E-state index contributed by atoms with van der Waals surface area (Å²) >= 11 is 0. The largest absolute Gasteiger partial charge is 0.388 e. The lowest BCUT2D eigenvalue weighted by Gasteiger charge is -2.35. The van der Waals surface area contributed by atoms with Crippen LogP contribution in [0.15, 0.2) is 18.2 Å². The number of ether oxygens (including phenoxy) is 1. The van der Waals surface area contributed by atoms with Gasteiger partial charge in [0.25, 0.3) is 0 Å². The van der Waals surface area contributed by atoms with Gasteiger partial charge in [0.2, 0.25) is 0 Å². The summed E-state index contributed by atoms with van der Waals surface area (Å²) in [6.45, 7) is 2.64. The molecule has 0 aromatic heterocycles. The normalized spacial score (nSPS) is 18.3. The van der Waals surface area contributed by atoms with Gasteiger partial charge in [-0.25, -0.2) is 13.6 Å². The molecular weight excluding hydrogens is 306 g/mol. The Morgan fingerprint density at radius 1 is 1.43 bits per heavy atom. The number of aliphatic hydroxyl groups is 1. The Balaban J connectivity index is 1.96. The molecule has 1 aliphatic rings. The molecule has 1 aromatic carbocycles. The zero-order chi connectivity index (χ0) is 17.0. The zero-order valence-electron chi connectivity index (χ0n) is 13.3. The molecule has 7 heteroatoms. The standard InChI is InChI=1S/C16H22F2N2O3/c1-11(12-4-3-5-13(17)14(12)18)19-15(21)20(2)10-16(22)6-8-23-9-7-16/h3-5,11,22H,6-10H2,1-2H3,(H,19,21). The maximum absolute atomic E-state index is 13.7. The lowest BCUT2D eigenvalue weighted by Crippen LogP contribution is -2.50. The van der Waals surface area contributed by atoms with E-state index in [-0.39, 0.29) is 12.1 Å². The molecule has 0 saturated carbocycles. The van der Waals surface area contributed by atoms with E-state index in [4.69, 9.17) is 4.74 Å². The average Bonchev–Trinajstić information content (AvgIpc) is 2.50. The summed E-state index contributed by atoms with van der Waals surface area (Å²) in [6, 6.07) is 2.70. The fraction of sp³-hybridized carbons (Fsp3) is 0.562. The first-order chi connectivity index (χ1) is 10.8. The van der Waals surface area contributed by atoms with Crippen LogP contribution in [0.1, 0.15) is 31.4 Å². The second kappa shape index (κ2) is 7.23. The van der Waals surface area contributed by atoms with Crippen molar-refractivity contribution in [2.24, 2.45) is 0 Å². The minimum absolute atomic E-state index is 0.0801. The van der Waals surface area contributed by atoms with Crippen LogP contribution < -0.4 is 5.32 Å². The topological polar surface area (TPSA) is 61.8 Å². The number of likely N-dealkylation sites (N-methyl/N-ethyl adjacent to an activating group) is 1. The molecule has 1 aromatic rings. The molecule has 0 radical (unpaired) electrons. The first-order valence-corrected chi connectivity index (χ1v) is 7.58. The predicted octanol–water partition coefficient (Wildman–Crippen LogP) is 2.21. The quantitative estimate of drug-likeness (QED) is 0.891. The van der Waals surface area contributed by atoms with Gasteiger partial charge in [0.15, 0.2) is 11.6 Å². The number of rotatable bonds is 4.